The highest BCUT2D eigenvalue weighted by Gasteiger charge is 2.32. The van der Waals surface area contributed by atoms with Crippen LogP contribution in [0.5, 0.6) is 0 Å². The minimum absolute atomic E-state index is 0. The van der Waals surface area contributed by atoms with Crippen molar-refractivity contribution in [2.24, 2.45) is 4.99 Å². The van der Waals surface area contributed by atoms with Gasteiger partial charge in [-0.1, -0.05) is 18.2 Å². The van der Waals surface area contributed by atoms with Crippen molar-refractivity contribution in [2.75, 3.05) is 13.1 Å². The van der Waals surface area contributed by atoms with E-state index in [0.717, 1.165) is 43.9 Å². The smallest absolute Gasteiger partial charge is 0.191 e. The van der Waals surface area contributed by atoms with E-state index in [1.54, 1.807) is 12.1 Å². The summed E-state index contributed by atoms with van der Waals surface area (Å²) in [4.78, 5) is 4.39. The third-order valence-corrected chi connectivity index (χ3v) is 3.72. The normalized spacial score (nSPS) is 25.4. The van der Waals surface area contributed by atoms with Gasteiger partial charge in [-0.3, -0.25) is 4.99 Å². The Kier molecular flexibility index (Phi) is 5.01. The number of hydrogen-bond donors (Lipinski definition) is 2. The molecule has 1 aliphatic carbocycles. The van der Waals surface area contributed by atoms with E-state index in [0.29, 0.717) is 12.0 Å². The molecule has 104 valence electrons. The zero-order chi connectivity index (χ0) is 12.4. The Labute approximate surface area is 130 Å². The molecule has 2 aliphatic rings. The van der Waals surface area contributed by atoms with Crippen molar-refractivity contribution in [1.82, 2.24) is 10.6 Å². The summed E-state index contributed by atoms with van der Waals surface area (Å²) in [5.74, 6) is 1.19. The summed E-state index contributed by atoms with van der Waals surface area (Å²) in [6, 6.07) is 7.52. The minimum Gasteiger partial charge on any atom is -0.356 e. The lowest BCUT2D eigenvalue weighted by molar-refractivity contribution is 0.314. The van der Waals surface area contributed by atoms with Crippen LogP contribution in [-0.2, 0) is 0 Å². The first-order valence-electron chi connectivity index (χ1n) is 6.62. The molecule has 1 aromatic carbocycles. The van der Waals surface area contributed by atoms with Crippen LogP contribution in [0.4, 0.5) is 4.39 Å². The predicted octanol–water partition coefficient (Wildman–Crippen LogP) is 2.63. The maximum Gasteiger partial charge on any atom is 0.191 e. The Morgan fingerprint density at radius 1 is 1.26 bits per heavy atom. The summed E-state index contributed by atoms with van der Waals surface area (Å²) in [7, 11) is 0. The average molecular weight is 375 g/mol. The fraction of sp³-hybridized carbons (Fsp3) is 0.500. The van der Waals surface area contributed by atoms with Gasteiger partial charge in [-0.05, 0) is 36.8 Å². The fourth-order valence-electron chi connectivity index (χ4n) is 2.62. The second-order valence-electron chi connectivity index (χ2n) is 5.04. The van der Waals surface area contributed by atoms with Gasteiger partial charge in [-0.25, -0.2) is 4.39 Å². The molecule has 0 aromatic heterocycles. The number of benzene rings is 1. The quantitative estimate of drug-likeness (QED) is 0.780. The van der Waals surface area contributed by atoms with E-state index in [1.807, 2.05) is 12.1 Å². The molecule has 19 heavy (non-hydrogen) atoms. The van der Waals surface area contributed by atoms with Crippen molar-refractivity contribution in [2.45, 2.75) is 31.2 Å². The SMILES string of the molecule is Fc1ccccc1C1CC(NC2=NCCCN2)C1.I. The lowest BCUT2D eigenvalue weighted by atomic mass is 9.75. The van der Waals surface area contributed by atoms with Crippen LogP contribution >= 0.6 is 24.0 Å². The van der Waals surface area contributed by atoms with Crippen LogP contribution in [0.3, 0.4) is 0 Å². The highest BCUT2D eigenvalue weighted by molar-refractivity contribution is 14.0. The first-order chi connectivity index (χ1) is 8.83. The molecule has 1 aliphatic heterocycles. The lowest BCUT2D eigenvalue weighted by Crippen LogP contribution is -2.50. The standard InChI is InChI=1S/C14H18FN3.HI/c15-13-5-2-1-4-12(13)10-8-11(9-10)18-14-16-6-3-7-17-14;/h1-2,4-5,10-11H,3,6-9H2,(H2,16,17,18);1H. The van der Waals surface area contributed by atoms with Crippen LogP contribution in [0, 0.1) is 5.82 Å². The molecule has 0 amide bonds. The van der Waals surface area contributed by atoms with Crippen molar-refractivity contribution < 1.29 is 4.39 Å². The molecular formula is C14H19FIN3. The predicted molar refractivity (Wildman–Crippen MR) is 85.6 cm³/mol. The summed E-state index contributed by atoms with van der Waals surface area (Å²) in [6.07, 6.45) is 3.08. The first kappa shape index (κ1) is 14.6. The topological polar surface area (TPSA) is 36.4 Å². The lowest BCUT2D eigenvalue weighted by Gasteiger charge is -2.37. The van der Waals surface area contributed by atoms with Crippen molar-refractivity contribution in [1.29, 1.82) is 0 Å². The molecule has 1 saturated carbocycles. The summed E-state index contributed by atoms with van der Waals surface area (Å²) < 4.78 is 13.6. The molecule has 0 radical (unpaired) electrons. The monoisotopic (exact) mass is 375 g/mol. The van der Waals surface area contributed by atoms with Gasteiger partial charge in [0.05, 0.1) is 0 Å². The van der Waals surface area contributed by atoms with E-state index in [-0.39, 0.29) is 29.8 Å². The second kappa shape index (κ2) is 6.54. The molecular weight excluding hydrogens is 356 g/mol. The van der Waals surface area contributed by atoms with Gasteiger partial charge in [0.25, 0.3) is 0 Å². The highest BCUT2D eigenvalue weighted by atomic mass is 127. The molecule has 3 rings (SSSR count). The van der Waals surface area contributed by atoms with Crippen molar-refractivity contribution in [3.63, 3.8) is 0 Å². The molecule has 0 bridgehead atoms. The van der Waals surface area contributed by atoms with E-state index in [2.05, 4.69) is 15.6 Å². The van der Waals surface area contributed by atoms with E-state index in [1.165, 1.54) is 0 Å². The molecule has 5 heteroatoms. The molecule has 1 heterocycles. The second-order valence-corrected chi connectivity index (χ2v) is 5.04. The Balaban J connectivity index is 0.00000133. The van der Waals surface area contributed by atoms with Gasteiger partial charge >= 0.3 is 0 Å². The number of rotatable bonds is 2. The van der Waals surface area contributed by atoms with E-state index in [9.17, 15) is 4.39 Å². The summed E-state index contributed by atoms with van der Waals surface area (Å²) in [5.41, 5.74) is 0.856. The van der Waals surface area contributed by atoms with Gasteiger partial charge in [0.15, 0.2) is 5.96 Å². The first-order valence-corrected chi connectivity index (χ1v) is 6.62. The van der Waals surface area contributed by atoms with E-state index < -0.39 is 0 Å². The molecule has 2 N–H and O–H groups in total. The van der Waals surface area contributed by atoms with Crippen LogP contribution < -0.4 is 10.6 Å². The highest BCUT2D eigenvalue weighted by Crippen LogP contribution is 2.37. The van der Waals surface area contributed by atoms with Crippen molar-refractivity contribution >= 4 is 29.9 Å². The zero-order valence-electron chi connectivity index (χ0n) is 10.7. The largest absolute Gasteiger partial charge is 0.356 e. The zero-order valence-corrected chi connectivity index (χ0v) is 13.1. The average Bonchev–Trinajstić information content (AvgIpc) is 2.36. The van der Waals surface area contributed by atoms with Gasteiger partial charge in [0, 0.05) is 19.1 Å². The Hall–Kier alpha value is -0.850. The molecule has 0 spiro atoms. The third kappa shape index (κ3) is 3.38. The molecule has 3 nitrogen and oxygen atoms in total. The van der Waals surface area contributed by atoms with Crippen LogP contribution in [0.2, 0.25) is 0 Å². The van der Waals surface area contributed by atoms with Crippen LogP contribution in [0.25, 0.3) is 0 Å². The third-order valence-electron chi connectivity index (χ3n) is 3.72. The minimum atomic E-state index is -0.0749. The number of nitrogens with zero attached hydrogens (tertiary/aromatic N) is 1. The van der Waals surface area contributed by atoms with Gasteiger partial charge in [0.2, 0.25) is 0 Å². The number of hydrogen-bond acceptors (Lipinski definition) is 3. The molecule has 0 atom stereocenters. The summed E-state index contributed by atoms with van der Waals surface area (Å²) >= 11 is 0. The maximum atomic E-state index is 13.6. The number of guanidine groups is 1. The summed E-state index contributed by atoms with van der Waals surface area (Å²) in [6.45, 7) is 1.90. The Morgan fingerprint density at radius 3 is 2.74 bits per heavy atom. The van der Waals surface area contributed by atoms with Gasteiger partial charge < -0.3 is 10.6 Å². The number of aliphatic imine (C=N–C) groups is 1. The molecule has 0 saturated heterocycles. The molecule has 1 aromatic rings. The number of nitrogens with one attached hydrogen (secondary N) is 2. The van der Waals surface area contributed by atoms with Crippen LogP contribution in [-0.4, -0.2) is 25.1 Å². The van der Waals surface area contributed by atoms with E-state index >= 15 is 0 Å². The molecule has 1 fully saturated rings. The maximum absolute atomic E-state index is 13.6. The van der Waals surface area contributed by atoms with Gasteiger partial charge in [-0.2, -0.15) is 0 Å². The summed E-state index contributed by atoms with van der Waals surface area (Å²) in [5, 5.41) is 6.64. The van der Waals surface area contributed by atoms with Crippen molar-refractivity contribution in [3.8, 4) is 0 Å². The fourth-order valence-corrected chi connectivity index (χ4v) is 2.62. The molecule has 0 unspecified atom stereocenters. The van der Waals surface area contributed by atoms with Gasteiger partial charge in [0.1, 0.15) is 5.82 Å². The van der Waals surface area contributed by atoms with Gasteiger partial charge in [-0.15, -0.1) is 24.0 Å². The van der Waals surface area contributed by atoms with Crippen molar-refractivity contribution in [3.05, 3.63) is 35.6 Å². The Morgan fingerprint density at radius 2 is 2.05 bits per heavy atom. The Bertz CT molecular complexity index is 458. The van der Waals surface area contributed by atoms with Crippen LogP contribution in [0.1, 0.15) is 30.7 Å². The van der Waals surface area contributed by atoms with Crippen LogP contribution in [0.15, 0.2) is 29.3 Å². The van der Waals surface area contributed by atoms with E-state index in [4.69, 9.17) is 0 Å². The number of halogens is 2.